The van der Waals surface area contributed by atoms with Gasteiger partial charge in [-0.15, -0.1) is 0 Å². The Bertz CT molecular complexity index is 613. The van der Waals surface area contributed by atoms with Crippen molar-refractivity contribution in [2.24, 2.45) is 0 Å². The molecule has 1 amide bonds. The summed E-state index contributed by atoms with van der Waals surface area (Å²) in [4.78, 5) is 11.2. The fourth-order valence-corrected chi connectivity index (χ4v) is 3.77. The molecule has 1 aromatic rings. The first kappa shape index (κ1) is 16.9. The molecule has 22 heavy (non-hydrogen) atoms. The number of sulfonamides is 1. The van der Waals surface area contributed by atoms with Gasteiger partial charge in [0.1, 0.15) is 0 Å². The van der Waals surface area contributed by atoms with Crippen LogP contribution in [0.5, 0.6) is 0 Å². The van der Waals surface area contributed by atoms with Crippen LogP contribution in [0.2, 0.25) is 0 Å². The van der Waals surface area contributed by atoms with Crippen LogP contribution in [-0.4, -0.2) is 44.4 Å². The summed E-state index contributed by atoms with van der Waals surface area (Å²) < 4.78 is 32.2. The van der Waals surface area contributed by atoms with Gasteiger partial charge in [0.2, 0.25) is 15.9 Å². The Labute approximate surface area is 131 Å². The van der Waals surface area contributed by atoms with Crippen LogP contribution in [0.25, 0.3) is 0 Å². The van der Waals surface area contributed by atoms with Gasteiger partial charge in [0.05, 0.1) is 17.6 Å². The number of benzene rings is 1. The minimum Gasteiger partial charge on any atom is -0.375 e. The van der Waals surface area contributed by atoms with E-state index in [0.29, 0.717) is 26.2 Å². The number of rotatable bonds is 5. The van der Waals surface area contributed by atoms with E-state index in [1.807, 2.05) is 6.92 Å². The van der Waals surface area contributed by atoms with Crippen molar-refractivity contribution in [3.05, 3.63) is 29.8 Å². The number of morpholine rings is 1. The lowest BCUT2D eigenvalue weighted by Gasteiger charge is -2.31. The molecule has 1 N–H and O–H groups in total. The van der Waals surface area contributed by atoms with Crippen molar-refractivity contribution < 1.29 is 17.9 Å². The number of nitrogens with one attached hydrogen (secondary N) is 1. The van der Waals surface area contributed by atoms with Gasteiger partial charge >= 0.3 is 0 Å². The van der Waals surface area contributed by atoms with Crippen molar-refractivity contribution in [2.75, 3.05) is 19.7 Å². The highest BCUT2D eigenvalue weighted by molar-refractivity contribution is 7.89. The van der Waals surface area contributed by atoms with E-state index in [1.165, 1.54) is 11.2 Å². The van der Waals surface area contributed by atoms with Gasteiger partial charge in [-0.3, -0.25) is 4.79 Å². The Hall–Kier alpha value is -1.44. The molecule has 1 aromatic carbocycles. The van der Waals surface area contributed by atoms with Gasteiger partial charge in [-0.25, -0.2) is 8.42 Å². The maximum Gasteiger partial charge on any atom is 0.243 e. The molecular weight excluding hydrogens is 304 g/mol. The predicted octanol–water partition coefficient (Wildman–Crippen LogP) is 1.12. The fourth-order valence-electron chi connectivity index (χ4n) is 2.31. The second-order valence-corrected chi connectivity index (χ2v) is 7.26. The van der Waals surface area contributed by atoms with Gasteiger partial charge in [0, 0.05) is 26.6 Å². The Kier molecular flexibility index (Phi) is 5.55. The second kappa shape index (κ2) is 7.21. The van der Waals surface area contributed by atoms with E-state index in [-0.39, 0.29) is 16.9 Å². The maximum atomic E-state index is 12.6. The number of hydrogen-bond donors (Lipinski definition) is 1. The molecule has 1 saturated heterocycles. The molecule has 7 heteroatoms. The minimum absolute atomic E-state index is 0.0393. The van der Waals surface area contributed by atoms with Gasteiger partial charge in [0.25, 0.3) is 0 Å². The molecule has 0 bridgehead atoms. The summed E-state index contributed by atoms with van der Waals surface area (Å²) >= 11 is 0. The lowest BCUT2D eigenvalue weighted by molar-refractivity contribution is -0.119. The standard InChI is InChI=1S/C15H22N2O4S/c1-3-14-11-17(8-9-21-14)22(19,20)15-6-4-13(5-7-15)10-16-12(2)18/h4-7,14H,3,8-11H2,1-2H3,(H,16,18)/t14-/m1/s1. The van der Waals surface area contributed by atoms with Crippen LogP contribution in [0.15, 0.2) is 29.2 Å². The number of hydrogen-bond acceptors (Lipinski definition) is 4. The SMILES string of the molecule is CC[C@@H]1CN(S(=O)(=O)c2ccc(CNC(C)=O)cc2)CCO1. The first-order valence-electron chi connectivity index (χ1n) is 7.38. The van der Waals surface area contributed by atoms with Crippen molar-refractivity contribution >= 4 is 15.9 Å². The molecule has 1 fully saturated rings. The molecule has 1 atom stereocenters. The molecule has 0 aromatic heterocycles. The van der Waals surface area contributed by atoms with Gasteiger partial charge in [-0.1, -0.05) is 19.1 Å². The van der Waals surface area contributed by atoms with E-state index in [0.717, 1.165) is 12.0 Å². The van der Waals surface area contributed by atoms with E-state index < -0.39 is 10.0 Å². The number of carbonyl (C=O) groups excluding carboxylic acids is 1. The van der Waals surface area contributed by atoms with Gasteiger partial charge in [-0.2, -0.15) is 4.31 Å². The highest BCUT2D eigenvalue weighted by atomic mass is 32.2. The van der Waals surface area contributed by atoms with Crippen LogP contribution in [0.4, 0.5) is 0 Å². The third-order valence-corrected chi connectivity index (χ3v) is 5.54. The molecule has 6 nitrogen and oxygen atoms in total. The summed E-state index contributed by atoms with van der Waals surface area (Å²) in [5.41, 5.74) is 0.863. The highest BCUT2D eigenvalue weighted by Gasteiger charge is 2.29. The fraction of sp³-hybridized carbons (Fsp3) is 0.533. The third-order valence-electron chi connectivity index (χ3n) is 3.66. The zero-order chi connectivity index (χ0) is 16.2. The average molecular weight is 326 g/mol. The van der Waals surface area contributed by atoms with Crippen LogP contribution in [0, 0.1) is 0 Å². The number of carbonyl (C=O) groups is 1. The predicted molar refractivity (Wildman–Crippen MR) is 82.8 cm³/mol. The molecular formula is C15H22N2O4S. The topological polar surface area (TPSA) is 75.7 Å². The molecule has 2 rings (SSSR count). The molecule has 1 aliphatic heterocycles. The second-order valence-electron chi connectivity index (χ2n) is 5.32. The van der Waals surface area contributed by atoms with E-state index in [1.54, 1.807) is 24.3 Å². The number of amides is 1. The summed E-state index contributed by atoms with van der Waals surface area (Å²) in [6.45, 7) is 5.03. The van der Waals surface area contributed by atoms with Crippen LogP contribution < -0.4 is 5.32 Å². The maximum absolute atomic E-state index is 12.6. The quantitative estimate of drug-likeness (QED) is 0.880. The monoisotopic (exact) mass is 326 g/mol. The van der Waals surface area contributed by atoms with Crippen molar-refractivity contribution in [1.82, 2.24) is 9.62 Å². The van der Waals surface area contributed by atoms with Crippen LogP contribution in [-0.2, 0) is 26.1 Å². The minimum atomic E-state index is -3.49. The summed E-state index contributed by atoms with van der Waals surface area (Å²) in [6.07, 6.45) is 0.754. The average Bonchev–Trinajstić information content (AvgIpc) is 2.53. The van der Waals surface area contributed by atoms with Crippen molar-refractivity contribution in [3.63, 3.8) is 0 Å². The zero-order valence-electron chi connectivity index (χ0n) is 12.9. The molecule has 122 valence electrons. The lowest BCUT2D eigenvalue weighted by atomic mass is 10.2. The molecule has 0 radical (unpaired) electrons. The summed E-state index contributed by atoms with van der Waals surface area (Å²) in [6, 6.07) is 6.62. The Morgan fingerprint density at radius 2 is 2.05 bits per heavy atom. The van der Waals surface area contributed by atoms with E-state index >= 15 is 0 Å². The largest absolute Gasteiger partial charge is 0.375 e. The van der Waals surface area contributed by atoms with Crippen LogP contribution >= 0.6 is 0 Å². The third kappa shape index (κ3) is 4.06. The summed E-state index contributed by atoms with van der Waals surface area (Å²) in [7, 11) is -3.49. The van der Waals surface area contributed by atoms with Crippen molar-refractivity contribution in [2.45, 2.75) is 37.8 Å². The Morgan fingerprint density at radius 1 is 1.36 bits per heavy atom. The molecule has 0 spiro atoms. The van der Waals surface area contributed by atoms with Crippen molar-refractivity contribution in [3.8, 4) is 0 Å². The van der Waals surface area contributed by atoms with E-state index in [4.69, 9.17) is 4.74 Å². The van der Waals surface area contributed by atoms with E-state index in [2.05, 4.69) is 5.32 Å². The van der Waals surface area contributed by atoms with Crippen LogP contribution in [0.1, 0.15) is 25.8 Å². The number of ether oxygens (including phenoxy) is 1. The molecule has 0 saturated carbocycles. The highest BCUT2D eigenvalue weighted by Crippen LogP contribution is 2.20. The Morgan fingerprint density at radius 3 is 2.64 bits per heavy atom. The van der Waals surface area contributed by atoms with Gasteiger partial charge in [-0.05, 0) is 24.1 Å². The molecule has 0 unspecified atom stereocenters. The molecule has 1 heterocycles. The smallest absolute Gasteiger partial charge is 0.243 e. The van der Waals surface area contributed by atoms with Gasteiger partial charge in [0.15, 0.2) is 0 Å². The Balaban J connectivity index is 2.10. The first-order valence-corrected chi connectivity index (χ1v) is 8.82. The first-order chi connectivity index (χ1) is 10.4. The summed E-state index contributed by atoms with van der Waals surface area (Å²) in [5, 5.41) is 2.68. The molecule has 0 aliphatic carbocycles. The van der Waals surface area contributed by atoms with Gasteiger partial charge < -0.3 is 10.1 Å². The summed E-state index contributed by atoms with van der Waals surface area (Å²) in [5.74, 6) is -0.115. The normalized spacial score (nSPS) is 19.8. The lowest BCUT2D eigenvalue weighted by Crippen LogP contribution is -2.45. The van der Waals surface area contributed by atoms with Crippen molar-refractivity contribution in [1.29, 1.82) is 0 Å². The molecule has 1 aliphatic rings. The van der Waals surface area contributed by atoms with Crippen LogP contribution in [0.3, 0.4) is 0 Å². The van der Waals surface area contributed by atoms with E-state index in [9.17, 15) is 13.2 Å². The number of nitrogens with zero attached hydrogens (tertiary/aromatic N) is 1. The zero-order valence-corrected chi connectivity index (χ0v) is 13.7.